The predicted molar refractivity (Wildman–Crippen MR) is 98.5 cm³/mol. The molecule has 3 aromatic rings. The van der Waals surface area contributed by atoms with Gasteiger partial charge in [0.25, 0.3) is 0 Å². The summed E-state index contributed by atoms with van der Waals surface area (Å²) in [5.74, 6) is 1.14. The molecule has 4 nitrogen and oxygen atoms in total. The lowest BCUT2D eigenvalue weighted by Crippen LogP contribution is -2.05. The third-order valence-electron chi connectivity index (χ3n) is 4.28. The third kappa shape index (κ3) is 4.92. The zero-order valence-electron chi connectivity index (χ0n) is 15.2. The summed E-state index contributed by atoms with van der Waals surface area (Å²) in [6, 6.07) is 11.9. The second-order valence-electron chi connectivity index (χ2n) is 6.30. The molecule has 0 N–H and O–H groups in total. The van der Waals surface area contributed by atoms with Crippen LogP contribution in [-0.2, 0) is 23.9 Å². The third-order valence-corrected chi connectivity index (χ3v) is 4.28. The van der Waals surface area contributed by atoms with Gasteiger partial charge in [-0.3, -0.25) is 0 Å². The number of aryl methyl sites for hydroxylation is 1. The van der Waals surface area contributed by atoms with Crippen LogP contribution in [0.15, 0.2) is 57.7 Å². The van der Waals surface area contributed by atoms with Crippen LogP contribution in [0.1, 0.15) is 23.3 Å². The fourth-order valence-electron chi connectivity index (χ4n) is 2.79. The molecule has 148 valence electrons. The number of rotatable bonds is 7. The van der Waals surface area contributed by atoms with E-state index >= 15 is 0 Å². The molecular formula is C21H19F3O4. The summed E-state index contributed by atoms with van der Waals surface area (Å²) in [6.45, 7) is 0.616. The molecule has 0 atom stereocenters. The first-order valence-corrected chi connectivity index (χ1v) is 8.71. The molecule has 28 heavy (non-hydrogen) atoms. The van der Waals surface area contributed by atoms with E-state index in [0.29, 0.717) is 41.9 Å². The van der Waals surface area contributed by atoms with Crippen molar-refractivity contribution in [3.8, 4) is 5.75 Å². The van der Waals surface area contributed by atoms with Crippen molar-refractivity contribution in [1.29, 1.82) is 0 Å². The molecule has 7 heteroatoms. The van der Waals surface area contributed by atoms with Gasteiger partial charge >= 0.3 is 11.8 Å². The van der Waals surface area contributed by atoms with Crippen molar-refractivity contribution in [2.24, 2.45) is 0 Å². The minimum Gasteiger partial charge on any atom is -0.497 e. The quantitative estimate of drug-likeness (QED) is 0.533. The Morgan fingerprint density at radius 1 is 1.04 bits per heavy atom. The minimum atomic E-state index is -4.34. The van der Waals surface area contributed by atoms with Gasteiger partial charge in [0.05, 0.1) is 24.7 Å². The molecular weight excluding hydrogens is 373 g/mol. The highest BCUT2D eigenvalue weighted by Gasteiger charge is 2.29. The number of methoxy groups -OCH3 is 1. The Morgan fingerprint density at radius 2 is 1.79 bits per heavy atom. The minimum absolute atomic E-state index is 0.222. The van der Waals surface area contributed by atoms with Gasteiger partial charge in [0.1, 0.15) is 11.5 Å². The molecule has 1 aromatic heterocycles. The molecule has 0 unspecified atom stereocenters. The smallest absolute Gasteiger partial charge is 0.416 e. The van der Waals surface area contributed by atoms with Crippen LogP contribution in [0.5, 0.6) is 5.75 Å². The Kier molecular flexibility index (Phi) is 6.04. The molecule has 0 aliphatic heterocycles. The maximum Gasteiger partial charge on any atom is 0.416 e. The van der Waals surface area contributed by atoms with Crippen LogP contribution in [0.25, 0.3) is 10.8 Å². The number of hydrogen-bond donors (Lipinski definition) is 0. The Hall–Kier alpha value is -2.80. The SMILES string of the molecule is COc1ccc2cc(CCCOCc3ccc(C(F)(F)F)cc3)oc(=O)c2c1. The maximum atomic E-state index is 12.5. The van der Waals surface area contributed by atoms with Crippen molar-refractivity contribution in [1.82, 2.24) is 0 Å². The molecule has 0 aliphatic rings. The number of alkyl halides is 3. The molecule has 0 aliphatic carbocycles. The first kappa shape index (κ1) is 19.9. The van der Waals surface area contributed by atoms with Gasteiger partial charge in [-0.1, -0.05) is 18.2 Å². The van der Waals surface area contributed by atoms with Crippen LogP contribution in [0, 0.1) is 0 Å². The monoisotopic (exact) mass is 392 g/mol. The lowest BCUT2D eigenvalue weighted by atomic mass is 10.1. The molecule has 0 bridgehead atoms. The van der Waals surface area contributed by atoms with Gasteiger partial charge in [0, 0.05) is 13.0 Å². The molecule has 0 amide bonds. The summed E-state index contributed by atoms with van der Waals surface area (Å²) in [7, 11) is 1.53. The molecule has 0 saturated heterocycles. The Bertz CT molecular complexity index is 991. The van der Waals surface area contributed by atoms with Gasteiger partial charge in [0.2, 0.25) is 0 Å². The zero-order chi connectivity index (χ0) is 20.1. The van der Waals surface area contributed by atoms with Gasteiger partial charge < -0.3 is 13.9 Å². The fourth-order valence-corrected chi connectivity index (χ4v) is 2.79. The lowest BCUT2D eigenvalue weighted by Gasteiger charge is -2.08. The summed E-state index contributed by atoms with van der Waals surface area (Å²) in [5, 5.41) is 1.24. The highest BCUT2D eigenvalue weighted by atomic mass is 19.4. The predicted octanol–water partition coefficient (Wildman–Crippen LogP) is 4.97. The van der Waals surface area contributed by atoms with E-state index < -0.39 is 17.4 Å². The molecule has 0 fully saturated rings. The highest BCUT2D eigenvalue weighted by molar-refractivity contribution is 5.82. The van der Waals surface area contributed by atoms with Gasteiger partial charge in [0.15, 0.2) is 0 Å². The van der Waals surface area contributed by atoms with E-state index in [1.54, 1.807) is 18.2 Å². The van der Waals surface area contributed by atoms with E-state index in [1.807, 2.05) is 6.07 Å². The molecule has 2 aromatic carbocycles. The van der Waals surface area contributed by atoms with E-state index in [1.165, 1.54) is 19.2 Å². The van der Waals surface area contributed by atoms with Crippen molar-refractivity contribution in [3.63, 3.8) is 0 Å². The topological polar surface area (TPSA) is 48.7 Å². The Balaban J connectivity index is 1.51. The Morgan fingerprint density at radius 3 is 2.46 bits per heavy atom. The van der Waals surface area contributed by atoms with E-state index in [4.69, 9.17) is 13.9 Å². The number of hydrogen-bond acceptors (Lipinski definition) is 4. The van der Waals surface area contributed by atoms with Crippen molar-refractivity contribution in [3.05, 3.63) is 75.8 Å². The average molecular weight is 392 g/mol. The second-order valence-corrected chi connectivity index (χ2v) is 6.30. The molecule has 0 saturated carbocycles. The highest BCUT2D eigenvalue weighted by Crippen LogP contribution is 2.29. The van der Waals surface area contributed by atoms with Crippen LogP contribution < -0.4 is 10.4 Å². The average Bonchev–Trinajstić information content (AvgIpc) is 2.67. The normalized spacial score (nSPS) is 11.7. The zero-order valence-corrected chi connectivity index (χ0v) is 15.2. The number of benzene rings is 2. The molecule has 0 spiro atoms. The van der Waals surface area contributed by atoms with E-state index in [9.17, 15) is 18.0 Å². The van der Waals surface area contributed by atoms with Gasteiger partial charge in [-0.05, 0) is 47.7 Å². The van der Waals surface area contributed by atoms with Crippen LogP contribution in [0.4, 0.5) is 13.2 Å². The summed E-state index contributed by atoms with van der Waals surface area (Å²) in [4.78, 5) is 12.1. The largest absolute Gasteiger partial charge is 0.497 e. The fraction of sp³-hybridized carbons (Fsp3) is 0.286. The van der Waals surface area contributed by atoms with Crippen molar-refractivity contribution in [2.45, 2.75) is 25.6 Å². The van der Waals surface area contributed by atoms with Crippen LogP contribution in [-0.4, -0.2) is 13.7 Å². The van der Waals surface area contributed by atoms with E-state index in [-0.39, 0.29) is 6.61 Å². The Labute approximate surface area is 159 Å². The van der Waals surface area contributed by atoms with Crippen LogP contribution >= 0.6 is 0 Å². The summed E-state index contributed by atoms with van der Waals surface area (Å²) in [6.07, 6.45) is -3.20. The first-order chi connectivity index (χ1) is 13.4. The first-order valence-electron chi connectivity index (χ1n) is 8.71. The molecule has 0 radical (unpaired) electrons. The lowest BCUT2D eigenvalue weighted by molar-refractivity contribution is -0.137. The number of fused-ring (bicyclic) bond motifs is 1. The van der Waals surface area contributed by atoms with Gasteiger partial charge in [-0.15, -0.1) is 0 Å². The van der Waals surface area contributed by atoms with Crippen molar-refractivity contribution >= 4 is 10.8 Å². The molecule has 3 rings (SSSR count). The number of ether oxygens (including phenoxy) is 2. The van der Waals surface area contributed by atoms with Gasteiger partial charge in [-0.2, -0.15) is 13.2 Å². The summed E-state index contributed by atoms with van der Waals surface area (Å²) >= 11 is 0. The van der Waals surface area contributed by atoms with Crippen molar-refractivity contribution < 1.29 is 27.1 Å². The maximum absolute atomic E-state index is 12.5. The van der Waals surface area contributed by atoms with Crippen molar-refractivity contribution in [2.75, 3.05) is 13.7 Å². The standard InChI is InChI=1S/C21H19F3O4/c1-26-17-9-6-15-11-18(28-20(25)19(15)12-17)3-2-10-27-13-14-4-7-16(8-5-14)21(22,23)24/h4-9,11-12H,2-3,10,13H2,1H3. The number of halogens is 3. The molecule has 1 heterocycles. The summed E-state index contributed by atoms with van der Waals surface area (Å²) < 4.78 is 53.5. The van der Waals surface area contributed by atoms with Crippen LogP contribution in [0.3, 0.4) is 0 Å². The van der Waals surface area contributed by atoms with Crippen LogP contribution in [0.2, 0.25) is 0 Å². The van der Waals surface area contributed by atoms with E-state index in [2.05, 4.69) is 0 Å². The van der Waals surface area contributed by atoms with Gasteiger partial charge in [-0.25, -0.2) is 4.79 Å². The van der Waals surface area contributed by atoms with E-state index in [0.717, 1.165) is 17.5 Å². The summed E-state index contributed by atoms with van der Waals surface area (Å²) in [5.41, 5.74) is -0.434. The second kappa shape index (κ2) is 8.48.